The number of ketones is 1. The fraction of sp³-hybridized carbons (Fsp3) is 0.182. The van der Waals surface area contributed by atoms with Gasteiger partial charge in [-0.2, -0.15) is 0 Å². The van der Waals surface area contributed by atoms with E-state index in [2.05, 4.69) is 22.1 Å². The van der Waals surface area contributed by atoms with Gasteiger partial charge in [-0.25, -0.2) is 0 Å². The first-order valence-electron chi connectivity index (χ1n) is 9.31. The number of ether oxygens (including phenoxy) is 1. The first-order chi connectivity index (χ1) is 14.6. The molecule has 1 heterocycles. The van der Waals surface area contributed by atoms with E-state index in [1.165, 1.54) is 18.7 Å². The van der Waals surface area contributed by atoms with Gasteiger partial charge in [0.1, 0.15) is 12.4 Å². The zero-order chi connectivity index (χ0) is 21.3. The second kappa shape index (κ2) is 10.4. The van der Waals surface area contributed by atoms with Gasteiger partial charge < -0.3 is 10.1 Å². The van der Waals surface area contributed by atoms with Crippen molar-refractivity contribution in [3.05, 3.63) is 78.6 Å². The molecule has 0 aliphatic rings. The highest BCUT2D eigenvalue weighted by Crippen LogP contribution is 2.19. The minimum Gasteiger partial charge on any atom is -0.486 e. The van der Waals surface area contributed by atoms with Gasteiger partial charge in [0.25, 0.3) is 0 Å². The molecule has 0 unspecified atom stereocenters. The molecule has 1 N–H and O–H groups in total. The first-order valence-corrected chi connectivity index (χ1v) is 10.3. The van der Waals surface area contributed by atoms with E-state index in [0.29, 0.717) is 28.8 Å². The smallest absolute Gasteiger partial charge is 0.234 e. The van der Waals surface area contributed by atoms with Gasteiger partial charge >= 0.3 is 0 Å². The van der Waals surface area contributed by atoms with Crippen LogP contribution in [0.15, 0.2) is 72.4 Å². The van der Waals surface area contributed by atoms with Gasteiger partial charge in [0, 0.05) is 17.8 Å². The number of rotatable bonds is 10. The molecular weight excluding hydrogens is 400 g/mol. The molecule has 0 radical (unpaired) electrons. The summed E-state index contributed by atoms with van der Waals surface area (Å²) in [6.07, 6.45) is 1.75. The number of nitrogens with one attached hydrogen (secondary N) is 1. The molecule has 0 aliphatic carbocycles. The molecule has 3 rings (SSSR count). The molecule has 0 atom stereocenters. The van der Waals surface area contributed by atoms with Crippen LogP contribution in [0.5, 0.6) is 5.75 Å². The maximum atomic E-state index is 12.3. The number of nitrogens with zero attached hydrogens (tertiary/aromatic N) is 3. The number of Topliss-reactive ketones (excluding diaryl/α,β-unsaturated/α-hetero) is 1. The average Bonchev–Trinajstić information content (AvgIpc) is 3.14. The van der Waals surface area contributed by atoms with E-state index in [0.717, 1.165) is 5.75 Å². The Kier molecular flexibility index (Phi) is 7.40. The number of benzene rings is 2. The molecule has 2 aromatic carbocycles. The maximum Gasteiger partial charge on any atom is 0.234 e. The fourth-order valence-electron chi connectivity index (χ4n) is 2.63. The second-order valence-corrected chi connectivity index (χ2v) is 7.31. The maximum absolute atomic E-state index is 12.3. The Hall–Kier alpha value is -3.39. The zero-order valence-corrected chi connectivity index (χ0v) is 17.4. The van der Waals surface area contributed by atoms with Gasteiger partial charge in [-0.05, 0) is 43.3 Å². The number of aromatic nitrogens is 3. The van der Waals surface area contributed by atoms with Crippen molar-refractivity contribution in [3.8, 4) is 5.75 Å². The minimum absolute atomic E-state index is 0.0166. The molecular formula is C22H22N4O3S. The summed E-state index contributed by atoms with van der Waals surface area (Å²) in [5.41, 5.74) is 1.24. The molecule has 3 aromatic rings. The lowest BCUT2D eigenvalue weighted by atomic mass is 10.1. The Balaban J connectivity index is 1.58. The molecule has 7 nitrogen and oxygen atoms in total. The number of para-hydroxylation sites is 1. The van der Waals surface area contributed by atoms with Crippen LogP contribution < -0.4 is 10.1 Å². The van der Waals surface area contributed by atoms with Crippen LogP contribution in [-0.2, 0) is 17.9 Å². The summed E-state index contributed by atoms with van der Waals surface area (Å²) in [4.78, 5) is 23.6. The number of amides is 1. The van der Waals surface area contributed by atoms with Crippen molar-refractivity contribution in [2.24, 2.45) is 0 Å². The summed E-state index contributed by atoms with van der Waals surface area (Å²) in [6, 6.07) is 16.3. The highest BCUT2D eigenvalue weighted by Gasteiger charge is 2.14. The Morgan fingerprint density at radius 3 is 2.53 bits per heavy atom. The van der Waals surface area contributed by atoms with E-state index in [9.17, 15) is 9.59 Å². The van der Waals surface area contributed by atoms with Crippen molar-refractivity contribution in [1.82, 2.24) is 14.8 Å². The Labute approximate surface area is 179 Å². The summed E-state index contributed by atoms with van der Waals surface area (Å²) in [5, 5.41) is 11.8. The van der Waals surface area contributed by atoms with Crippen molar-refractivity contribution >= 4 is 29.1 Å². The van der Waals surface area contributed by atoms with Crippen LogP contribution in [0, 0.1) is 0 Å². The van der Waals surface area contributed by atoms with E-state index in [1.54, 1.807) is 30.3 Å². The number of carbonyl (C=O) groups excluding carboxylic acids is 2. The molecule has 0 bridgehead atoms. The predicted octanol–water partition coefficient (Wildman–Crippen LogP) is 3.98. The summed E-state index contributed by atoms with van der Waals surface area (Å²) >= 11 is 1.28. The lowest BCUT2D eigenvalue weighted by molar-refractivity contribution is -0.113. The topological polar surface area (TPSA) is 86.1 Å². The molecule has 0 aliphatic heterocycles. The van der Waals surface area contributed by atoms with E-state index < -0.39 is 0 Å². The third-order valence-electron chi connectivity index (χ3n) is 4.12. The second-order valence-electron chi connectivity index (χ2n) is 6.37. The van der Waals surface area contributed by atoms with Gasteiger partial charge in [0.05, 0.1) is 5.75 Å². The van der Waals surface area contributed by atoms with E-state index in [4.69, 9.17) is 4.74 Å². The van der Waals surface area contributed by atoms with Crippen LogP contribution in [0.4, 0.5) is 5.69 Å². The normalized spacial score (nSPS) is 10.4. The van der Waals surface area contributed by atoms with Crippen LogP contribution in [0.2, 0.25) is 0 Å². The molecule has 1 aromatic heterocycles. The summed E-state index contributed by atoms with van der Waals surface area (Å²) < 4.78 is 7.62. The quantitative estimate of drug-likeness (QED) is 0.302. The lowest BCUT2D eigenvalue weighted by Gasteiger charge is -2.09. The van der Waals surface area contributed by atoms with Crippen molar-refractivity contribution in [1.29, 1.82) is 0 Å². The Morgan fingerprint density at radius 1 is 1.13 bits per heavy atom. The number of carbonyl (C=O) groups is 2. The van der Waals surface area contributed by atoms with Crippen molar-refractivity contribution < 1.29 is 14.3 Å². The molecule has 30 heavy (non-hydrogen) atoms. The van der Waals surface area contributed by atoms with Gasteiger partial charge in [-0.1, -0.05) is 36.0 Å². The standard InChI is InChI=1S/C22H22N4O3S/c1-3-13-26-20(14-29-19-7-5-4-6-8-19)24-25-22(26)30-15-21(28)23-18-11-9-17(10-12-18)16(2)27/h3-12H,1,13-15H2,2H3,(H,23,28). The van der Waals surface area contributed by atoms with Crippen LogP contribution in [0.25, 0.3) is 0 Å². The lowest BCUT2D eigenvalue weighted by Crippen LogP contribution is -2.15. The van der Waals surface area contributed by atoms with Gasteiger partial charge in [0.15, 0.2) is 16.8 Å². The first kappa shape index (κ1) is 21.3. The zero-order valence-electron chi connectivity index (χ0n) is 16.6. The molecule has 154 valence electrons. The van der Waals surface area contributed by atoms with Gasteiger partial charge in [-0.3, -0.25) is 14.2 Å². The third kappa shape index (κ3) is 5.81. The van der Waals surface area contributed by atoms with Crippen molar-refractivity contribution in [2.75, 3.05) is 11.1 Å². The Bertz CT molecular complexity index is 1020. The molecule has 0 spiro atoms. The SMILES string of the molecule is C=CCn1c(COc2ccccc2)nnc1SCC(=O)Nc1ccc(C(C)=O)cc1. The molecule has 8 heteroatoms. The summed E-state index contributed by atoms with van der Waals surface area (Å²) in [5.74, 6) is 1.38. The number of allylic oxidation sites excluding steroid dienone is 1. The Morgan fingerprint density at radius 2 is 1.87 bits per heavy atom. The van der Waals surface area contributed by atoms with Crippen LogP contribution in [-0.4, -0.2) is 32.2 Å². The van der Waals surface area contributed by atoms with Crippen molar-refractivity contribution in [2.45, 2.75) is 25.2 Å². The average molecular weight is 423 g/mol. The number of hydrogen-bond donors (Lipinski definition) is 1. The van der Waals surface area contributed by atoms with Gasteiger partial charge in [-0.15, -0.1) is 16.8 Å². The van der Waals surface area contributed by atoms with Crippen LogP contribution in [0.3, 0.4) is 0 Å². The molecule has 1 amide bonds. The summed E-state index contributed by atoms with van der Waals surface area (Å²) in [7, 11) is 0. The monoisotopic (exact) mass is 422 g/mol. The van der Waals surface area contributed by atoms with Crippen LogP contribution >= 0.6 is 11.8 Å². The summed E-state index contributed by atoms with van der Waals surface area (Å²) in [6.45, 7) is 6.05. The van der Waals surface area contributed by atoms with E-state index >= 15 is 0 Å². The van der Waals surface area contributed by atoms with Crippen LogP contribution in [0.1, 0.15) is 23.1 Å². The van der Waals surface area contributed by atoms with Gasteiger partial charge in [0.2, 0.25) is 5.91 Å². The van der Waals surface area contributed by atoms with Crippen molar-refractivity contribution in [3.63, 3.8) is 0 Å². The highest BCUT2D eigenvalue weighted by molar-refractivity contribution is 7.99. The predicted molar refractivity (Wildman–Crippen MR) is 117 cm³/mol. The highest BCUT2D eigenvalue weighted by atomic mass is 32.2. The fourth-order valence-corrected chi connectivity index (χ4v) is 3.39. The minimum atomic E-state index is -0.175. The van der Waals surface area contributed by atoms with E-state index in [-0.39, 0.29) is 24.1 Å². The molecule has 0 saturated heterocycles. The largest absolute Gasteiger partial charge is 0.486 e. The number of hydrogen-bond acceptors (Lipinski definition) is 6. The third-order valence-corrected chi connectivity index (χ3v) is 5.09. The number of anilines is 1. The molecule has 0 saturated carbocycles. The van der Waals surface area contributed by atoms with E-state index in [1.807, 2.05) is 34.9 Å². The molecule has 0 fully saturated rings. The number of thioether (sulfide) groups is 1.